The highest BCUT2D eigenvalue weighted by Gasteiger charge is 2.08. The van der Waals surface area contributed by atoms with E-state index in [1.54, 1.807) is 31.4 Å². The van der Waals surface area contributed by atoms with Crippen LogP contribution in [0, 0.1) is 5.92 Å². The van der Waals surface area contributed by atoms with Crippen LogP contribution in [-0.2, 0) is 16.0 Å². The van der Waals surface area contributed by atoms with Gasteiger partial charge in [-0.05, 0) is 42.0 Å². The summed E-state index contributed by atoms with van der Waals surface area (Å²) in [6.45, 7) is 3.67. The number of amides is 2. The van der Waals surface area contributed by atoms with Crippen molar-refractivity contribution < 1.29 is 14.3 Å². The Morgan fingerprint density at radius 1 is 1.00 bits per heavy atom. The monoisotopic (exact) mass is 326 g/mol. The maximum Gasteiger partial charge on any atom is 0.228 e. The Bertz CT molecular complexity index is 709. The third-order valence-electron chi connectivity index (χ3n) is 3.46. The molecule has 5 heteroatoms. The van der Waals surface area contributed by atoms with Crippen LogP contribution in [-0.4, -0.2) is 18.9 Å². The Morgan fingerprint density at radius 3 is 2.21 bits per heavy atom. The standard InChI is InChI=1S/C19H22N2O3/c1-13(2)19(23)21-16-9-7-15(8-10-16)20-18(22)12-14-5-4-6-17(11-14)24-3/h4-11,13H,12H2,1-3H3,(H,20,22)(H,21,23). The molecule has 0 saturated carbocycles. The fourth-order valence-corrected chi connectivity index (χ4v) is 2.10. The molecule has 0 spiro atoms. The summed E-state index contributed by atoms with van der Waals surface area (Å²) in [5, 5.41) is 5.65. The highest BCUT2D eigenvalue weighted by molar-refractivity contribution is 5.94. The summed E-state index contributed by atoms with van der Waals surface area (Å²) < 4.78 is 5.15. The van der Waals surface area contributed by atoms with Crippen molar-refractivity contribution in [3.05, 3.63) is 54.1 Å². The molecular weight excluding hydrogens is 304 g/mol. The van der Waals surface area contributed by atoms with Gasteiger partial charge in [-0.3, -0.25) is 9.59 Å². The molecule has 0 saturated heterocycles. The quantitative estimate of drug-likeness (QED) is 0.854. The Morgan fingerprint density at radius 2 is 1.62 bits per heavy atom. The highest BCUT2D eigenvalue weighted by atomic mass is 16.5. The summed E-state index contributed by atoms with van der Waals surface area (Å²) in [6, 6.07) is 14.5. The van der Waals surface area contributed by atoms with Gasteiger partial charge in [0.25, 0.3) is 0 Å². The molecule has 0 aromatic heterocycles. The van der Waals surface area contributed by atoms with Gasteiger partial charge in [0.2, 0.25) is 11.8 Å². The first-order valence-corrected chi connectivity index (χ1v) is 7.81. The smallest absolute Gasteiger partial charge is 0.228 e. The Hall–Kier alpha value is -2.82. The van der Waals surface area contributed by atoms with Gasteiger partial charge in [-0.15, -0.1) is 0 Å². The molecule has 24 heavy (non-hydrogen) atoms. The molecule has 0 aliphatic carbocycles. The summed E-state index contributed by atoms with van der Waals surface area (Å²) in [7, 11) is 1.60. The lowest BCUT2D eigenvalue weighted by Crippen LogP contribution is -2.18. The molecule has 126 valence electrons. The molecule has 2 N–H and O–H groups in total. The number of carbonyl (C=O) groups is 2. The summed E-state index contributed by atoms with van der Waals surface area (Å²) >= 11 is 0. The first-order chi connectivity index (χ1) is 11.5. The fourth-order valence-electron chi connectivity index (χ4n) is 2.10. The Balaban J connectivity index is 1.93. The normalized spacial score (nSPS) is 10.3. The van der Waals surface area contributed by atoms with Crippen LogP contribution in [0.15, 0.2) is 48.5 Å². The molecule has 0 radical (unpaired) electrons. The van der Waals surface area contributed by atoms with E-state index in [0.717, 1.165) is 11.3 Å². The number of hydrogen-bond acceptors (Lipinski definition) is 3. The van der Waals surface area contributed by atoms with E-state index in [0.29, 0.717) is 11.4 Å². The molecular formula is C19H22N2O3. The highest BCUT2D eigenvalue weighted by Crippen LogP contribution is 2.16. The van der Waals surface area contributed by atoms with Crippen molar-refractivity contribution in [2.24, 2.45) is 5.92 Å². The molecule has 0 unspecified atom stereocenters. The van der Waals surface area contributed by atoms with Crippen LogP contribution in [0.2, 0.25) is 0 Å². The summed E-state index contributed by atoms with van der Waals surface area (Å²) in [5.74, 6) is 0.504. The van der Waals surface area contributed by atoms with Crippen LogP contribution in [0.3, 0.4) is 0 Å². The zero-order valence-electron chi connectivity index (χ0n) is 14.1. The van der Waals surface area contributed by atoms with Crippen LogP contribution >= 0.6 is 0 Å². The topological polar surface area (TPSA) is 67.4 Å². The van der Waals surface area contributed by atoms with E-state index in [4.69, 9.17) is 4.74 Å². The van der Waals surface area contributed by atoms with Gasteiger partial charge in [0.1, 0.15) is 5.75 Å². The minimum absolute atomic E-state index is 0.0372. The van der Waals surface area contributed by atoms with E-state index >= 15 is 0 Å². The molecule has 0 bridgehead atoms. The average Bonchev–Trinajstić information content (AvgIpc) is 2.56. The minimum Gasteiger partial charge on any atom is -0.497 e. The minimum atomic E-state index is -0.109. The summed E-state index contributed by atoms with van der Waals surface area (Å²) in [5.41, 5.74) is 2.28. The maximum atomic E-state index is 12.1. The van der Waals surface area contributed by atoms with E-state index < -0.39 is 0 Å². The molecule has 2 aromatic carbocycles. The second-order valence-electron chi connectivity index (χ2n) is 5.80. The van der Waals surface area contributed by atoms with E-state index in [2.05, 4.69) is 10.6 Å². The molecule has 0 heterocycles. The number of benzene rings is 2. The van der Waals surface area contributed by atoms with Crippen molar-refractivity contribution in [3.63, 3.8) is 0 Å². The number of methoxy groups -OCH3 is 1. The predicted octanol–water partition coefficient (Wildman–Crippen LogP) is 3.47. The average molecular weight is 326 g/mol. The zero-order valence-corrected chi connectivity index (χ0v) is 14.1. The van der Waals surface area contributed by atoms with Crippen molar-refractivity contribution >= 4 is 23.2 Å². The molecule has 2 rings (SSSR count). The molecule has 5 nitrogen and oxygen atoms in total. The number of ether oxygens (including phenoxy) is 1. The Kier molecular flexibility index (Phi) is 5.95. The van der Waals surface area contributed by atoms with Gasteiger partial charge in [-0.1, -0.05) is 26.0 Å². The fraction of sp³-hybridized carbons (Fsp3) is 0.263. The summed E-state index contributed by atoms with van der Waals surface area (Å²) in [4.78, 5) is 23.8. The summed E-state index contributed by atoms with van der Waals surface area (Å²) in [6.07, 6.45) is 0.267. The van der Waals surface area contributed by atoms with Crippen molar-refractivity contribution in [1.29, 1.82) is 0 Å². The third-order valence-corrected chi connectivity index (χ3v) is 3.46. The number of carbonyl (C=O) groups excluding carboxylic acids is 2. The van der Waals surface area contributed by atoms with Crippen molar-refractivity contribution in [1.82, 2.24) is 0 Å². The van der Waals surface area contributed by atoms with Gasteiger partial charge in [0, 0.05) is 17.3 Å². The molecule has 0 fully saturated rings. The van der Waals surface area contributed by atoms with Crippen LogP contribution in [0.25, 0.3) is 0 Å². The van der Waals surface area contributed by atoms with Gasteiger partial charge in [-0.25, -0.2) is 0 Å². The number of nitrogens with one attached hydrogen (secondary N) is 2. The van der Waals surface area contributed by atoms with Gasteiger partial charge >= 0.3 is 0 Å². The largest absolute Gasteiger partial charge is 0.497 e. The second-order valence-corrected chi connectivity index (χ2v) is 5.80. The van der Waals surface area contributed by atoms with Gasteiger partial charge in [-0.2, -0.15) is 0 Å². The molecule has 0 atom stereocenters. The van der Waals surface area contributed by atoms with Crippen LogP contribution < -0.4 is 15.4 Å². The van der Waals surface area contributed by atoms with E-state index in [9.17, 15) is 9.59 Å². The van der Waals surface area contributed by atoms with Crippen LogP contribution in [0.4, 0.5) is 11.4 Å². The lowest BCUT2D eigenvalue weighted by Gasteiger charge is -2.09. The van der Waals surface area contributed by atoms with Crippen LogP contribution in [0.1, 0.15) is 19.4 Å². The van der Waals surface area contributed by atoms with E-state index in [1.165, 1.54) is 0 Å². The predicted molar refractivity (Wildman–Crippen MR) is 95.2 cm³/mol. The zero-order chi connectivity index (χ0) is 17.5. The van der Waals surface area contributed by atoms with Crippen LogP contribution in [0.5, 0.6) is 5.75 Å². The molecule has 0 aliphatic rings. The first kappa shape index (κ1) is 17.5. The van der Waals surface area contributed by atoms with Crippen molar-refractivity contribution in [2.45, 2.75) is 20.3 Å². The molecule has 2 aromatic rings. The van der Waals surface area contributed by atoms with Gasteiger partial charge in [0.05, 0.1) is 13.5 Å². The molecule has 2 amide bonds. The number of anilines is 2. The van der Waals surface area contributed by atoms with E-state index in [-0.39, 0.29) is 24.2 Å². The first-order valence-electron chi connectivity index (χ1n) is 7.81. The van der Waals surface area contributed by atoms with Gasteiger partial charge in [0.15, 0.2) is 0 Å². The van der Waals surface area contributed by atoms with E-state index in [1.807, 2.05) is 38.1 Å². The maximum absolute atomic E-state index is 12.1. The Labute approximate surface area is 142 Å². The SMILES string of the molecule is COc1cccc(CC(=O)Nc2ccc(NC(=O)C(C)C)cc2)c1. The molecule has 0 aliphatic heterocycles. The van der Waals surface area contributed by atoms with Gasteiger partial charge < -0.3 is 15.4 Å². The lowest BCUT2D eigenvalue weighted by molar-refractivity contribution is -0.119. The number of rotatable bonds is 6. The van der Waals surface area contributed by atoms with Crippen molar-refractivity contribution in [3.8, 4) is 5.75 Å². The van der Waals surface area contributed by atoms with Crippen molar-refractivity contribution in [2.75, 3.05) is 17.7 Å². The second kappa shape index (κ2) is 8.15. The number of hydrogen-bond donors (Lipinski definition) is 2. The lowest BCUT2D eigenvalue weighted by atomic mass is 10.1. The third kappa shape index (κ3) is 5.12.